The van der Waals surface area contributed by atoms with E-state index in [4.69, 9.17) is 9.47 Å². The lowest BCUT2D eigenvalue weighted by Gasteiger charge is -2.31. The molecule has 0 spiro atoms. The highest BCUT2D eigenvalue weighted by atomic mass is 35.5. The van der Waals surface area contributed by atoms with Gasteiger partial charge in [-0.05, 0) is 38.1 Å². The van der Waals surface area contributed by atoms with Crippen LogP contribution in [0.2, 0.25) is 0 Å². The molecule has 1 heterocycles. The molecule has 6 nitrogen and oxygen atoms in total. The van der Waals surface area contributed by atoms with Crippen LogP contribution < -0.4 is 15.4 Å². The molecule has 0 radical (unpaired) electrons. The fourth-order valence-corrected chi connectivity index (χ4v) is 2.14. The lowest BCUT2D eigenvalue weighted by atomic mass is 9.88. The van der Waals surface area contributed by atoms with Crippen molar-refractivity contribution in [3.8, 4) is 5.75 Å². The predicted molar refractivity (Wildman–Crippen MR) is 90.0 cm³/mol. The first kappa shape index (κ1) is 19.3. The maximum absolute atomic E-state index is 12.2. The van der Waals surface area contributed by atoms with Gasteiger partial charge in [-0.2, -0.15) is 0 Å². The van der Waals surface area contributed by atoms with Crippen molar-refractivity contribution in [3.63, 3.8) is 0 Å². The van der Waals surface area contributed by atoms with E-state index in [0.29, 0.717) is 24.0 Å². The maximum atomic E-state index is 12.2. The van der Waals surface area contributed by atoms with Crippen LogP contribution in [0.1, 0.15) is 13.8 Å². The van der Waals surface area contributed by atoms with Crippen LogP contribution in [-0.2, 0) is 14.3 Å². The van der Waals surface area contributed by atoms with E-state index in [9.17, 15) is 9.59 Å². The summed E-state index contributed by atoms with van der Waals surface area (Å²) in [7, 11) is 0. The molecule has 0 saturated carbocycles. The van der Waals surface area contributed by atoms with Gasteiger partial charge < -0.3 is 20.1 Å². The average molecular weight is 343 g/mol. The number of ether oxygens (including phenoxy) is 2. The summed E-state index contributed by atoms with van der Waals surface area (Å²) in [5, 5.41) is 6.04. The van der Waals surface area contributed by atoms with Gasteiger partial charge in [-0.15, -0.1) is 12.4 Å². The Morgan fingerprint density at radius 2 is 2.13 bits per heavy atom. The fraction of sp³-hybridized carbons (Fsp3) is 0.500. The summed E-state index contributed by atoms with van der Waals surface area (Å²) in [5.41, 5.74) is 0.658. The number of hydrogen-bond acceptors (Lipinski definition) is 5. The molecule has 128 valence electrons. The number of esters is 1. The van der Waals surface area contributed by atoms with Crippen molar-refractivity contribution in [2.45, 2.75) is 13.8 Å². The highest BCUT2D eigenvalue weighted by molar-refractivity contribution is 5.92. The summed E-state index contributed by atoms with van der Waals surface area (Å²) in [6, 6.07) is 6.99. The number of carbonyl (C=O) groups excluding carboxylic acids is 2. The third kappa shape index (κ3) is 5.73. The Morgan fingerprint density at radius 1 is 1.39 bits per heavy atom. The predicted octanol–water partition coefficient (Wildman–Crippen LogP) is 1.84. The number of benzene rings is 1. The van der Waals surface area contributed by atoms with Crippen molar-refractivity contribution < 1.29 is 19.1 Å². The molecular weight excluding hydrogens is 320 g/mol. The monoisotopic (exact) mass is 342 g/mol. The molecule has 2 rings (SSSR count). The molecule has 0 aliphatic carbocycles. The minimum absolute atomic E-state index is 0. The highest BCUT2D eigenvalue weighted by Crippen LogP contribution is 2.21. The van der Waals surface area contributed by atoms with Crippen molar-refractivity contribution in [2.24, 2.45) is 11.8 Å². The van der Waals surface area contributed by atoms with E-state index in [1.54, 1.807) is 31.2 Å². The average Bonchev–Trinajstić information content (AvgIpc) is 2.44. The molecule has 7 heteroatoms. The van der Waals surface area contributed by atoms with Crippen LogP contribution in [0.3, 0.4) is 0 Å². The second-order valence-electron chi connectivity index (χ2n) is 5.32. The Morgan fingerprint density at radius 3 is 2.74 bits per heavy atom. The molecular formula is C16H23ClN2O4. The van der Waals surface area contributed by atoms with Gasteiger partial charge in [-0.25, -0.2) is 4.79 Å². The quantitative estimate of drug-likeness (QED) is 0.739. The van der Waals surface area contributed by atoms with Crippen LogP contribution >= 0.6 is 12.4 Å². The lowest BCUT2D eigenvalue weighted by Crippen LogP contribution is -2.48. The molecule has 1 saturated heterocycles. The van der Waals surface area contributed by atoms with Crippen molar-refractivity contribution in [1.82, 2.24) is 5.32 Å². The minimum Gasteiger partial charge on any atom is -0.482 e. The van der Waals surface area contributed by atoms with Crippen molar-refractivity contribution >= 4 is 30.0 Å². The van der Waals surface area contributed by atoms with Crippen LogP contribution in [0, 0.1) is 11.8 Å². The van der Waals surface area contributed by atoms with E-state index >= 15 is 0 Å². The summed E-state index contributed by atoms with van der Waals surface area (Å²) in [5.74, 6) is 0.453. The molecule has 1 fully saturated rings. The summed E-state index contributed by atoms with van der Waals surface area (Å²) in [6.07, 6.45) is 0. The van der Waals surface area contributed by atoms with E-state index in [-0.39, 0.29) is 30.8 Å². The Bertz CT molecular complexity index is 535. The van der Waals surface area contributed by atoms with Crippen LogP contribution in [-0.4, -0.2) is 38.2 Å². The zero-order chi connectivity index (χ0) is 15.9. The third-order valence-electron chi connectivity index (χ3n) is 3.70. The smallest absolute Gasteiger partial charge is 0.344 e. The van der Waals surface area contributed by atoms with Crippen LogP contribution in [0.5, 0.6) is 5.75 Å². The molecule has 1 aromatic carbocycles. The van der Waals surface area contributed by atoms with Crippen LogP contribution in [0.15, 0.2) is 24.3 Å². The maximum Gasteiger partial charge on any atom is 0.344 e. The molecule has 1 aliphatic heterocycles. The summed E-state index contributed by atoms with van der Waals surface area (Å²) < 4.78 is 10.1. The van der Waals surface area contributed by atoms with Gasteiger partial charge in [0.15, 0.2) is 6.61 Å². The molecule has 23 heavy (non-hydrogen) atoms. The topological polar surface area (TPSA) is 76.7 Å². The first-order valence-electron chi connectivity index (χ1n) is 7.50. The number of amides is 1. The molecule has 1 amide bonds. The van der Waals surface area contributed by atoms with Gasteiger partial charge in [0.2, 0.25) is 5.91 Å². The Labute approximate surface area is 142 Å². The summed E-state index contributed by atoms with van der Waals surface area (Å²) in [6.45, 7) is 5.63. The lowest BCUT2D eigenvalue weighted by molar-refractivity contribution is -0.145. The van der Waals surface area contributed by atoms with Gasteiger partial charge in [0.1, 0.15) is 5.75 Å². The van der Waals surface area contributed by atoms with Gasteiger partial charge in [0.25, 0.3) is 0 Å². The second kappa shape index (κ2) is 9.37. The van der Waals surface area contributed by atoms with Crippen LogP contribution in [0.4, 0.5) is 5.69 Å². The number of anilines is 1. The van der Waals surface area contributed by atoms with E-state index in [2.05, 4.69) is 10.6 Å². The molecule has 1 aromatic rings. The first-order valence-corrected chi connectivity index (χ1v) is 7.50. The molecule has 2 N–H and O–H groups in total. The zero-order valence-corrected chi connectivity index (χ0v) is 14.2. The van der Waals surface area contributed by atoms with Crippen LogP contribution in [0.25, 0.3) is 0 Å². The Hall–Kier alpha value is -1.79. The van der Waals surface area contributed by atoms with Crippen molar-refractivity contribution in [1.29, 1.82) is 0 Å². The second-order valence-corrected chi connectivity index (χ2v) is 5.32. The highest BCUT2D eigenvalue weighted by Gasteiger charge is 2.28. The normalized spacial score (nSPS) is 14.9. The van der Waals surface area contributed by atoms with Gasteiger partial charge in [-0.3, -0.25) is 4.79 Å². The van der Waals surface area contributed by atoms with E-state index in [1.165, 1.54) is 0 Å². The summed E-state index contributed by atoms with van der Waals surface area (Å²) >= 11 is 0. The number of hydrogen-bond donors (Lipinski definition) is 2. The Kier molecular flexibility index (Phi) is 7.85. The number of halogens is 1. The van der Waals surface area contributed by atoms with Crippen molar-refractivity contribution in [2.75, 3.05) is 31.6 Å². The Balaban J connectivity index is 0.00000264. The largest absolute Gasteiger partial charge is 0.482 e. The molecule has 1 atom stereocenters. The van der Waals surface area contributed by atoms with Gasteiger partial charge in [-0.1, -0.05) is 13.0 Å². The summed E-state index contributed by atoms with van der Waals surface area (Å²) in [4.78, 5) is 23.4. The number of rotatable bonds is 7. The third-order valence-corrected chi connectivity index (χ3v) is 3.70. The standard InChI is InChI=1S/C16H22N2O4.ClH/c1-3-21-15(19)10-22-14-6-4-5-13(7-14)18-16(20)11(2)12-8-17-9-12;/h4-7,11-12,17H,3,8-10H2,1-2H3,(H,18,20);1H. The van der Waals surface area contributed by atoms with Gasteiger partial charge in [0, 0.05) is 17.7 Å². The molecule has 1 aliphatic rings. The fourth-order valence-electron chi connectivity index (χ4n) is 2.14. The van der Waals surface area contributed by atoms with Crippen molar-refractivity contribution in [3.05, 3.63) is 24.3 Å². The zero-order valence-electron chi connectivity index (χ0n) is 13.3. The molecule has 0 aromatic heterocycles. The molecule has 1 unspecified atom stereocenters. The SMILES string of the molecule is CCOC(=O)COc1cccc(NC(=O)C(C)C2CNC2)c1.Cl. The minimum atomic E-state index is -0.414. The number of nitrogens with one attached hydrogen (secondary N) is 2. The van der Waals surface area contributed by atoms with E-state index < -0.39 is 5.97 Å². The van der Waals surface area contributed by atoms with E-state index in [0.717, 1.165) is 13.1 Å². The van der Waals surface area contributed by atoms with E-state index in [1.807, 2.05) is 6.92 Å². The van der Waals surface area contributed by atoms with Gasteiger partial charge in [0.05, 0.1) is 6.61 Å². The first-order chi connectivity index (χ1) is 10.6. The molecule has 0 bridgehead atoms. The number of carbonyl (C=O) groups is 2. The van der Waals surface area contributed by atoms with Gasteiger partial charge >= 0.3 is 5.97 Å².